The number of halogens is 1. The van der Waals surface area contributed by atoms with Crippen molar-refractivity contribution in [3.63, 3.8) is 0 Å². The molecule has 4 nitrogen and oxygen atoms in total. The first kappa shape index (κ1) is 13.3. The van der Waals surface area contributed by atoms with Crippen LogP contribution in [0.4, 0.5) is 9.52 Å². The fourth-order valence-electron chi connectivity index (χ4n) is 2.49. The van der Waals surface area contributed by atoms with Crippen LogP contribution in [-0.2, 0) is 0 Å². The summed E-state index contributed by atoms with van der Waals surface area (Å²) in [4.78, 5) is 4.27. The molecule has 4 rings (SSSR count). The van der Waals surface area contributed by atoms with Crippen LogP contribution in [0, 0.1) is 5.82 Å². The maximum atomic E-state index is 13.3. The van der Waals surface area contributed by atoms with Crippen LogP contribution in [0.5, 0.6) is 0 Å². The monoisotopic (exact) mass is 312 g/mol. The van der Waals surface area contributed by atoms with Crippen LogP contribution in [0.1, 0.15) is 17.9 Å². The standard InChI is InChI=1S/C16H13FN4S/c17-11-5-3-4-10(8-11)12-9-14(12)19-16-21-20-15(22-16)13-6-1-2-7-18-13/h1-8,12,14H,9H2,(H,19,21)/t12-,14+/m0/s1. The molecule has 1 fully saturated rings. The number of benzene rings is 1. The molecule has 2 atom stereocenters. The fourth-order valence-corrected chi connectivity index (χ4v) is 3.28. The lowest BCUT2D eigenvalue weighted by molar-refractivity contribution is 0.625. The summed E-state index contributed by atoms with van der Waals surface area (Å²) < 4.78 is 13.3. The van der Waals surface area contributed by atoms with Crippen molar-refractivity contribution in [1.82, 2.24) is 15.2 Å². The summed E-state index contributed by atoms with van der Waals surface area (Å²) in [6, 6.07) is 12.8. The van der Waals surface area contributed by atoms with Crippen LogP contribution in [-0.4, -0.2) is 21.2 Å². The number of pyridine rings is 1. The first-order valence-corrected chi connectivity index (χ1v) is 7.88. The third-order valence-corrected chi connectivity index (χ3v) is 4.56. The summed E-state index contributed by atoms with van der Waals surface area (Å²) in [5.74, 6) is 0.161. The summed E-state index contributed by atoms with van der Waals surface area (Å²) in [7, 11) is 0. The predicted molar refractivity (Wildman–Crippen MR) is 84.3 cm³/mol. The van der Waals surface area contributed by atoms with Crippen molar-refractivity contribution in [2.75, 3.05) is 5.32 Å². The molecule has 1 aliphatic carbocycles. The van der Waals surface area contributed by atoms with E-state index in [-0.39, 0.29) is 5.82 Å². The molecule has 0 saturated heterocycles. The molecule has 1 N–H and O–H groups in total. The number of hydrogen-bond donors (Lipinski definition) is 1. The molecule has 0 aliphatic heterocycles. The molecule has 0 amide bonds. The minimum atomic E-state index is -0.184. The first-order valence-electron chi connectivity index (χ1n) is 7.06. The Morgan fingerprint density at radius 2 is 2.09 bits per heavy atom. The topological polar surface area (TPSA) is 50.7 Å². The minimum Gasteiger partial charge on any atom is -0.357 e. The molecule has 1 aliphatic rings. The van der Waals surface area contributed by atoms with E-state index in [1.165, 1.54) is 17.4 Å². The van der Waals surface area contributed by atoms with E-state index in [1.54, 1.807) is 18.3 Å². The summed E-state index contributed by atoms with van der Waals surface area (Å²) in [5.41, 5.74) is 1.86. The second kappa shape index (κ2) is 5.46. The highest BCUT2D eigenvalue weighted by Gasteiger charge is 2.39. The molecule has 1 aromatic carbocycles. The second-order valence-electron chi connectivity index (χ2n) is 5.28. The largest absolute Gasteiger partial charge is 0.357 e. The van der Waals surface area contributed by atoms with E-state index < -0.39 is 0 Å². The first-order chi connectivity index (χ1) is 10.8. The fraction of sp³-hybridized carbons (Fsp3) is 0.188. The third kappa shape index (κ3) is 2.69. The van der Waals surface area contributed by atoms with Gasteiger partial charge in [-0.25, -0.2) is 4.39 Å². The molecule has 2 aromatic heterocycles. The lowest BCUT2D eigenvalue weighted by Crippen LogP contribution is -2.03. The van der Waals surface area contributed by atoms with E-state index in [2.05, 4.69) is 20.5 Å². The Labute approximate surface area is 131 Å². The van der Waals surface area contributed by atoms with Crippen LogP contribution < -0.4 is 5.32 Å². The Morgan fingerprint density at radius 1 is 1.14 bits per heavy atom. The van der Waals surface area contributed by atoms with Gasteiger partial charge in [0.25, 0.3) is 0 Å². The number of nitrogens with one attached hydrogen (secondary N) is 1. The zero-order valence-electron chi connectivity index (χ0n) is 11.6. The van der Waals surface area contributed by atoms with Gasteiger partial charge in [0.2, 0.25) is 5.13 Å². The van der Waals surface area contributed by atoms with Gasteiger partial charge in [0.15, 0.2) is 5.01 Å². The third-order valence-electron chi connectivity index (χ3n) is 3.69. The number of anilines is 1. The maximum Gasteiger partial charge on any atom is 0.206 e. The lowest BCUT2D eigenvalue weighted by Gasteiger charge is -2.01. The molecule has 0 bridgehead atoms. The van der Waals surface area contributed by atoms with Gasteiger partial charge in [0.1, 0.15) is 11.5 Å². The summed E-state index contributed by atoms with van der Waals surface area (Å²) >= 11 is 1.48. The zero-order valence-corrected chi connectivity index (χ0v) is 12.4. The predicted octanol–water partition coefficient (Wildman–Crippen LogP) is 3.71. The Hall–Kier alpha value is -2.34. The molecule has 3 aromatic rings. The lowest BCUT2D eigenvalue weighted by atomic mass is 10.1. The highest BCUT2D eigenvalue weighted by Crippen LogP contribution is 2.43. The quantitative estimate of drug-likeness (QED) is 0.798. The van der Waals surface area contributed by atoms with Gasteiger partial charge >= 0.3 is 0 Å². The molecule has 1 saturated carbocycles. The van der Waals surface area contributed by atoms with Crippen molar-refractivity contribution in [3.8, 4) is 10.7 Å². The van der Waals surface area contributed by atoms with Gasteiger partial charge < -0.3 is 5.32 Å². The minimum absolute atomic E-state index is 0.184. The van der Waals surface area contributed by atoms with Crippen molar-refractivity contribution in [1.29, 1.82) is 0 Å². The van der Waals surface area contributed by atoms with Crippen molar-refractivity contribution >= 4 is 16.5 Å². The molecule has 0 radical (unpaired) electrons. The normalized spacial score (nSPS) is 19.9. The SMILES string of the molecule is Fc1cccc([C@@H]2C[C@H]2Nc2nnc(-c3ccccn3)s2)c1. The van der Waals surface area contributed by atoms with Crippen LogP contribution in [0.3, 0.4) is 0 Å². The second-order valence-corrected chi connectivity index (χ2v) is 6.25. The Kier molecular flexibility index (Phi) is 3.31. The van der Waals surface area contributed by atoms with Crippen molar-refractivity contribution in [2.45, 2.75) is 18.4 Å². The van der Waals surface area contributed by atoms with Crippen molar-refractivity contribution in [3.05, 3.63) is 60.0 Å². The summed E-state index contributed by atoms with van der Waals surface area (Å²) in [6.07, 6.45) is 2.73. The van der Waals surface area contributed by atoms with Gasteiger partial charge in [-0.2, -0.15) is 0 Å². The Bertz CT molecular complexity index is 790. The number of rotatable bonds is 4. The molecular formula is C16H13FN4S. The Balaban J connectivity index is 1.44. The van der Waals surface area contributed by atoms with Crippen LogP contribution in [0.15, 0.2) is 48.7 Å². The van der Waals surface area contributed by atoms with Crippen LogP contribution >= 0.6 is 11.3 Å². The Morgan fingerprint density at radius 3 is 2.91 bits per heavy atom. The highest BCUT2D eigenvalue weighted by atomic mass is 32.1. The molecule has 0 unspecified atom stereocenters. The zero-order chi connectivity index (χ0) is 14.9. The highest BCUT2D eigenvalue weighted by molar-refractivity contribution is 7.18. The van der Waals surface area contributed by atoms with Crippen LogP contribution in [0.25, 0.3) is 10.7 Å². The van der Waals surface area contributed by atoms with E-state index in [9.17, 15) is 4.39 Å². The average molecular weight is 312 g/mol. The van der Waals surface area contributed by atoms with Gasteiger partial charge in [-0.1, -0.05) is 29.5 Å². The van der Waals surface area contributed by atoms with E-state index >= 15 is 0 Å². The summed E-state index contributed by atoms with van der Waals surface area (Å²) in [6.45, 7) is 0. The average Bonchev–Trinajstić information content (AvgIpc) is 3.15. The van der Waals surface area contributed by atoms with Crippen LogP contribution in [0.2, 0.25) is 0 Å². The van der Waals surface area contributed by atoms with E-state index in [1.807, 2.05) is 24.3 Å². The van der Waals surface area contributed by atoms with Crippen molar-refractivity contribution < 1.29 is 4.39 Å². The maximum absolute atomic E-state index is 13.3. The molecular weight excluding hydrogens is 299 g/mol. The summed E-state index contributed by atoms with van der Waals surface area (Å²) in [5, 5.41) is 13.3. The van der Waals surface area contributed by atoms with Gasteiger partial charge in [-0.05, 0) is 36.2 Å². The van der Waals surface area contributed by atoms with Gasteiger partial charge in [-0.3, -0.25) is 4.98 Å². The molecule has 2 heterocycles. The number of nitrogens with zero attached hydrogens (tertiary/aromatic N) is 3. The van der Waals surface area contributed by atoms with Crippen molar-refractivity contribution in [2.24, 2.45) is 0 Å². The van der Waals surface area contributed by atoms with E-state index in [0.29, 0.717) is 12.0 Å². The van der Waals surface area contributed by atoms with Gasteiger partial charge in [0, 0.05) is 18.2 Å². The molecule has 6 heteroatoms. The molecule has 110 valence electrons. The van der Waals surface area contributed by atoms with Gasteiger partial charge in [-0.15, -0.1) is 10.2 Å². The molecule has 22 heavy (non-hydrogen) atoms. The number of aromatic nitrogens is 3. The van der Waals surface area contributed by atoms with E-state index in [4.69, 9.17) is 0 Å². The number of hydrogen-bond acceptors (Lipinski definition) is 5. The van der Waals surface area contributed by atoms with Gasteiger partial charge in [0.05, 0.1) is 0 Å². The van der Waals surface area contributed by atoms with E-state index in [0.717, 1.165) is 27.8 Å². The molecule has 0 spiro atoms. The smallest absolute Gasteiger partial charge is 0.206 e.